The molecule has 0 aromatic heterocycles. The molecule has 3 nitrogen and oxygen atoms in total. The lowest BCUT2D eigenvalue weighted by atomic mass is 9.67. The van der Waals surface area contributed by atoms with Crippen molar-refractivity contribution in [3.8, 4) is 11.1 Å². The van der Waals surface area contributed by atoms with E-state index in [1.54, 1.807) is 0 Å². The first kappa shape index (κ1) is 55.2. The smallest absolute Gasteiger partial charge is 0.0963 e. The highest BCUT2D eigenvalue weighted by molar-refractivity contribution is 5.93. The highest BCUT2D eigenvalue weighted by atomic mass is 16.5. The van der Waals surface area contributed by atoms with Crippen LogP contribution in [-0.4, -0.2) is 18.7 Å². The number of nitrogens with zero attached hydrogens (tertiary/aromatic N) is 1. The van der Waals surface area contributed by atoms with Crippen molar-refractivity contribution in [3.05, 3.63) is 318 Å². The van der Waals surface area contributed by atoms with Crippen LogP contribution in [0.4, 0.5) is 11.4 Å². The number of hydrogen-bond donors (Lipinski definition) is 1. The molecule has 7 unspecified atom stereocenters. The van der Waals surface area contributed by atoms with Crippen LogP contribution in [0.25, 0.3) is 28.9 Å². The van der Waals surface area contributed by atoms with Crippen molar-refractivity contribution in [2.24, 2.45) is 11.8 Å². The van der Waals surface area contributed by atoms with E-state index < -0.39 is 0 Å². The van der Waals surface area contributed by atoms with Gasteiger partial charge in [-0.25, -0.2) is 0 Å². The van der Waals surface area contributed by atoms with Crippen molar-refractivity contribution in [1.29, 1.82) is 0 Å². The molecule has 0 spiro atoms. The molecule has 0 saturated carbocycles. The topological polar surface area (TPSA) is 24.5 Å². The number of ether oxygens (including phenoxy) is 1. The maximum Gasteiger partial charge on any atom is 0.0963 e. The van der Waals surface area contributed by atoms with Crippen molar-refractivity contribution in [2.45, 2.75) is 107 Å². The van der Waals surface area contributed by atoms with E-state index >= 15 is 0 Å². The second kappa shape index (κ2) is 25.4. The second-order valence-corrected chi connectivity index (χ2v) is 23.8. The molecule has 6 aromatic carbocycles. The molecule has 3 heteroatoms. The molecule has 6 aliphatic rings. The van der Waals surface area contributed by atoms with Gasteiger partial charge in [-0.05, 0) is 166 Å². The average Bonchev–Trinajstić information content (AvgIpc) is 2.38. The molecule has 7 atom stereocenters. The van der Waals surface area contributed by atoms with E-state index in [0.29, 0.717) is 11.8 Å². The standard InChI is InChI=1S/C80H80N2O/c1-5-58-28-34-61(35-29-58)62-38-43-69(44-39-62)81-79-51-42-66(63-36-30-59(6-2)31-37-63)54-76(79)67-21-18-20-65(53-67)64-40-45-71(46-41-64)82(70-24-12-9-13-25-70)72-47-50-75-74-26-14-15-27-77(74)80(78(75)55-72,68-22-10-8-11-23-68)52-17-16-19-57(4)56-83-73-48-32-60(7-3)33-49-73/h5-15,18,20,22-32,34-38,40,42-43,45-46,48,50-51,53-55,57,62,64,67,69,72,81H,1-3,16-17,19,21,33,39,41,44,47,49,52,56H2,4H3. The second-order valence-electron chi connectivity index (χ2n) is 23.8. The van der Waals surface area contributed by atoms with Gasteiger partial charge in [0.25, 0.3) is 0 Å². The van der Waals surface area contributed by atoms with Gasteiger partial charge in [0.1, 0.15) is 0 Å². The minimum atomic E-state index is -0.259. The summed E-state index contributed by atoms with van der Waals surface area (Å²) in [5.41, 5.74) is 20.7. The van der Waals surface area contributed by atoms with Gasteiger partial charge < -0.3 is 15.0 Å². The Bertz CT molecular complexity index is 3610. The Morgan fingerprint density at radius 3 is 2.14 bits per heavy atom. The van der Waals surface area contributed by atoms with E-state index in [1.807, 2.05) is 18.2 Å². The van der Waals surface area contributed by atoms with Gasteiger partial charge >= 0.3 is 0 Å². The van der Waals surface area contributed by atoms with E-state index in [0.717, 1.165) is 94.1 Å². The molecular weight excluding hydrogens is 1000 g/mol. The maximum absolute atomic E-state index is 6.35. The Balaban J connectivity index is 0.803. The van der Waals surface area contributed by atoms with Crippen molar-refractivity contribution in [2.75, 3.05) is 16.8 Å². The van der Waals surface area contributed by atoms with Crippen LogP contribution in [0.1, 0.15) is 128 Å². The van der Waals surface area contributed by atoms with Gasteiger partial charge in [0.05, 0.1) is 18.4 Å². The molecule has 0 aliphatic heterocycles. The van der Waals surface area contributed by atoms with Gasteiger partial charge in [0.15, 0.2) is 0 Å². The summed E-state index contributed by atoms with van der Waals surface area (Å²) in [6.45, 7) is 15.0. The minimum absolute atomic E-state index is 0.128. The molecule has 0 heterocycles. The van der Waals surface area contributed by atoms with Gasteiger partial charge in [-0.1, -0.05) is 246 Å². The number of allylic oxidation sites excluding steroid dienone is 15. The van der Waals surface area contributed by atoms with Gasteiger partial charge in [0.2, 0.25) is 0 Å². The van der Waals surface area contributed by atoms with Crippen LogP contribution in [0.15, 0.2) is 279 Å². The zero-order valence-corrected chi connectivity index (χ0v) is 48.5. The molecular formula is C80H80N2O. The third-order valence-corrected chi connectivity index (χ3v) is 18.6. The Hall–Kier alpha value is -8.40. The van der Waals surface area contributed by atoms with E-state index in [1.165, 1.54) is 78.3 Å². The molecule has 0 saturated heterocycles. The zero-order chi connectivity index (χ0) is 56.5. The zero-order valence-electron chi connectivity index (χ0n) is 48.5. The highest BCUT2D eigenvalue weighted by Crippen LogP contribution is 2.58. The largest absolute Gasteiger partial charge is 0.498 e. The summed E-state index contributed by atoms with van der Waals surface area (Å²) in [5.74, 6) is 2.50. The molecule has 83 heavy (non-hydrogen) atoms. The van der Waals surface area contributed by atoms with Gasteiger partial charge in [-0.2, -0.15) is 0 Å². The highest BCUT2D eigenvalue weighted by Gasteiger charge is 2.48. The summed E-state index contributed by atoms with van der Waals surface area (Å²) in [6, 6.07) is 57.0. The van der Waals surface area contributed by atoms with Crippen molar-refractivity contribution >= 4 is 29.1 Å². The predicted molar refractivity (Wildman–Crippen MR) is 353 cm³/mol. The first-order chi connectivity index (χ1) is 40.9. The van der Waals surface area contributed by atoms with Crippen molar-refractivity contribution in [1.82, 2.24) is 0 Å². The fraction of sp³-hybridized carbons (Fsp3) is 0.250. The quantitative estimate of drug-likeness (QED) is 0.0574. The summed E-state index contributed by atoms with van der Waals surface area (Å²) >= 11 is 0. The first-order valence-electron chi connectivity index (χ1n) is 30.8. The molecule has 0 amide bonds. The van der Waals surface area contributed by atoms with Crippen LogP contribution >= 0.6 is 0 Å². The summed E-state index contributed by atoms with van der Waals surface area (Å²) in [7, 11) is 0. The number of rotatable bonds is 21. The maximum atomic E-state index is 6.35. The molecule has 6 aliphatic carbocycles. The first-order valence-corrected chi connectivity index (χ1v) is 30.8. The lowest BCUT2D eigenvalue weighted by Gasteiger charge is -2.39. The third kappa shape index (κ3) is 12.0. The number of benzene rings is 6. The SMILES string of the molecule is C=CC1=CC=C(OCC(C)CCCCC2(c3ccccc3)C3=CC(N(C4=CCC(C5=CC(c6cc(-c7ccc(C=C)cc7)ccc6NC6C=CC(c7ccc(C=C)cc7)CC6)CC=C5)C=C4)c4ccccc4)CC=C3c3ccccc32)CC1. The number of nitrogens with one attached hydrogen (secondary N) is 1. The predicted octanol–water partition coefficient (Wildman–Crippen LogP) is 20.6. The van der Waals surface area contributed by atoms with Gasteiger partial charge in [-0.15, -0.1) is 0 Å². The van der Waals surface area contributed by atoms with Gasteiger partial charge in [0, 0.05) is 52.7 Å². The fourth-order valence-corrected chi connectivity index (χ4v) is 13.9. The van der Waals surface area contributed by atoms with Gasteiger partial charge in [-0.3, -0.25) is 0 Å². The Morgan fingerprint density at radius 2 is 1.42 bits per heavy atom. The van der Waals surface area contributed by atoms with Crippen molar-refractivity contribution in [3.63, 3.8) is 0 Å². The number of unbranched alkanes of at least 4 members (excludes halogenated alkanes) is 1. The lowest BCUT2D eigenvalue weighted by molar-refractivity contribution is 0.158. The van der Waals surface area contributed by atoms with Crippen LogP contribution in [0.5, 0.6) is 0 Å². The Morgan fingerprint density at radius 1 is 0.663 bits per heavy atom. The average molecular weight is 1090 g/mol. The number of anilines is 2. The molecule has 0 fully saturated rings. The molecule has 0 bridgehead atoms. The Kier molecular flexibility index (Phi) is 16.9. The fourth-order valence-electron chi connectivity index (χ4n) is 13.9. The van der Waals surface area contributed by atoms with E-state index in [2.05, 4.69) is 261 Å². The molecule has 12 rings (SSSR count). The van der Waals surface area contributed by atoms with E-state index in [9.17, 15) is 0 Å². The molecule has 1 N–H and O–H groups in total. The van der Waals surface area contributed by atoms with E-state index in [-0.39, 0.29) is 29.3 Å². The van der Waals surface area contributed by atoms with E-state index in [4.69, 9.17) is 4.74 Å². The molecule has 416 valence electrons. The van der Waals surface area contributed by atoms with Crippen LogP contribution in [0.2, 0.25) is 0 Å². The van der Waals surface area contributed by atoms with Crippen LogP contribution in [0.3, 0.4) is 0 Å². The summed E-state index contributed by atoms with van der Waals surface area (Å²) in [6.07, 6.45) is 46.4. The molecule has 6 aromatic rings. The number of fused-ring (bicyclic) bond motifs is 3. The summed E-state index contributed by atoms with van der Waals surface area (Å²) in [4.78, 5) is 2.63. The van der Waals surface area contributed by atoms with Crippen molar-refractivity contribution < 1.29 is 4.74 Å². The molecule has 0 radical (unpaired) electrons. The monoisotopic (exact) mass is 1080 g/mol. The van der Waals surface area contributed by atoms with Crippen LogP contribution in [0, 0.1) is 11.8 Å². The summed E-state index contributed by atoms with van der Waals surface area (Å²) < 4.78 is 6.35. The Labute approximate surface area is 495 Å². The number of hydrogen-bond acceptors (Lipinski definition) is 3. The normalized spacial score (nSPS) is 22.7. The summed E-state index contributed by atoms with van der Waals surface area (Å²) in [5, 5.41) is 4.05. The minimum Gasteiger partial charge on any atom is -0.498 e. The van der Waals surface area contributed by atoms with Crippen LogP contribution < -0.4 is 10.2 Å². The van der Waals surface area contributed by atoms with Crippen LogP contribution in [-0.2, 0) is 10.2 Å². The number of para-hydroxylation sites is 1. The lowest BCUT2D eigenvalue weighted by Crippen LogP contribution is -2.36. The third-order valence-electron chi connectivity index (χ3n) is 18.6.